The number of imide groups is 1. The molecule has 0 aliphatic carbocycles. The van der Waals surface area contributed by atoms with Gasteiger partial charge in [-0.25, -0.2) is 9.29 Å². The van der Waals surface area contributed by atoms with Gasteiger partial charge in [-0.3, -0.25) is 9.59 Å². The molecule has 0 saturated carbocycles. The summed E-state index contributed by atoms with van der Waals surface area (Å²) in [5, 5.41) is 0.124. The van der Waals surface area contributed by atoms with Crippen LogP contribution < -0.4 is 9.64 Å². The fraction of sp³-hybridized carbons (Fsp3) is 0.273. The first-order chi connectivity index (χ1) is 13.3. The van der Waals surface area contributed by atoms with Crippen LogP contribution in [0.3, 0.4) is 0 Å². The van der Waals surface area contributed by atoms with Crippen molar-refractivity contribution in [3.8, 4) is 5.75 Å². The van der Waals surface area contributed by atoms with Gasteiger partial charge in [0.25, 0.3) is 11.8 Å². The van der Waals surface area contributed by atoms with Crippen LogP contribution in [0.1, 0.15) is 33.3 Å². The minimum atomic E-state index is -0.423. The van der Waals surface area contributed by atoms with Gasteiger partial charge in [0.15, 0.2) is 0 Å². The Morgan fingerprint density at radius 2 is 1.50 bits per heavy atom. The third-order valence-electron chi connectivity index (χ3n) is 3.99. The molecular formula is C22H22FNO3S. The Labute approximate surface area is 168 Å². The molecule has 0 spiro atoms. The van der Waals surface area contributed by atoms with Crippen LogP contribution in [0.5, 0.6) is 5.75 Å². The van der Waals surface area contributed by atoms with Crippen LogP contribution in [0.25, 0.3) is 5.57 Å². The van der Waals surface area contributed by atoms with E-state index in [2.05, 4.69) is 0 Å². The van der Waals surface area contributed by atoms with Crippen LogP contribution in [-0.2, 0) is 9.59 Å². The standard InChI is InChI=1S/C22H22FNO3S/c1-13(2)27-18-11-5-15(6-12-18)19-20(28-14(3)4)22(26)24(21(19)25)17-9-7-16(23)8-10-17/h5-14H,1-4H3. The zero-order chi connectivity index (χ0) is 20.4. The van der Waals surface area contributed by atoms with E-state index in [9.17, 15) is 14.0 Å². The highest BCUT2D eigenvalue weighted by Crippen LogP contribution is 2.40. The molecule has 0 N–H and O–H groups in total. The number of thioether (sulfide) groups is 1. The van der Waals surface area contributed by atoms with Gasteiger partial charge in [-0.05, 0) is 55.8 Å². The van der Waals surface area contributed by atoms with E-state index >= 15 is 0 Å². The highest BCUT2D eigenvalue weighted by molar-refractivity contribution is 8.04. The number of halogens is 1. The average Bonchev–Trinajstić information content (AvgIpc) is 2.86. The maximum absolute atomic E-state index is 13.3. The molecule has 2 aromatic carbocycles. The highest BCUT2D eigenvalue weighted by atomic mass is 32.2. The second-order valence-electron chi connectivity index (χ2n) is 6.98. The quantitative estimate of drug-likeness (QED) is 0.639. The lowest BCUT2D eigenvalue weighted by Crippen LogP contribution is -2.31. The molecule has 1 aliphatic heterocycles. The Hall–Kier alpha value is -2.60. The number of hydrogen-bond donors (Lipinski definition) is 0. The summed E-state index contributed by atoms with van der Waals surface area (Å²) in [6.07, 6.45) is 0.0424. The normalized spacial score (nSPS) is 14.6. The molecule has 0 radical (unpaired) electrons. The Morgan fingerprint density at radius 1 is 0.893 bits per heavy atom. The molecule has 2 amide bonds. The number of rotatable bonds is 6. The van der Waals surface area contributed by atoms with Crippen molar-refractivity contribution in [3.63, 3.8) is 0 Å². The summed E-state index contributed by atoms with van der Waals surface area (Å²) in [5.74, 6) is -0.511. The predicted molar refractivity (Wildman–Crippen MR) is 111 cm³/mol. The zero-order valence-electron chi connectivity index (χ0n) is 16.2. The molecule has 0 atom stereocenters. The summed E-state index contributed by atoms with van der Waals surface area (Å²) >= 11 is 1.36. The van der Waals surface area contributed by atoms with E-state index in [1.807, 2.05) is 27.7 Å². The summed E-state index contributed by atoms with van der Waals surface area (Å²) < 4.78 is 18.9. The Balaban J connectivity index is 2.02. The number of nitrogens with zero attached hydrogens (tertiary/aromatic N) is 1. The fourth-order valence-electron chi connectivity index (χ4n) is 2.91. The van der Waals surface area contributed by atoms with Gasteiger partial charge in [0, 0.05) is 5.25 Å². The highest BCUT2D eigenvalue weighted by Gasteiger charge is 2.40. The Morgan fingerprint density at radius 3 is 2.04 bits per heavy atom. The molecule has 4 nitrogen and oxygen atoms in total. The molecular weight excluding hydrogens is 377 g/mol. The van der Waals surface area contributed by atoms with E-state index in [1.54, 1.807) is 24.3 Å². The molecule has 6 heteroatoms. The van der Waals surface area contributed by atoms with Gasteiger partial charge in [0.05, 0.1) is 22.3 Å². The van der Waals surface area contributed by atoms with Crippen molar-refractivity contribution in [2.24, 2.45) is 0 Å². The monoisotopic (exact) mass is 399 g/mol. The van der Waals surface area contributed by atoms with Crippen molar-refractivity contribution in [2.45, 2.75) is 39.0 Å². The van der Waals surface area contributed by atoms with E-state index in [-0.39, 0.29) is 17.3 Å². The summed E-state index contributed by atoms with van der Waals surface area (Å²) in [7, 11) is 0. The first-order valence-electron chi connectivity index (χ1n) is 9.10. The predicted octanol–water partition coefficient (Wildman–Crippen LogP) is 5.04. The van der Waals surface area contributed by atoms with Crippen LogP contribution >= 0.6 is 11.8 Å². The number of carbonyl (C=O) groups is 2. The molecule has 1 aliphatic rings. The van der Waals surface area contributed by atoms with Crippen LogP contribution in [0.2, 0.25) is 0 Å². The molecule has 28 heavy (non-hydrogen) atoms. The number of ether oxygens (including phenoxy) is 1. The average molecular weight is 399 g/mol. The zero-order valence-corrected chi connectivity index (χ0v) is 17.0. The van der Waals surface area contributed by atoms with Crippen molar-refractivity contribution < 1.29 is 18.7 Å². The summed E-state index contributed by atoms with van der Waals surface area (Å²) in [5.41, 5.74) is 1.37. The van der Waals surface area contributed by atoms with Gasteiger partial charge < -0.3 is 4.74 Å². The third kappa shape index (κ3) is 4.12. The van der Waals surface area contributed by atoms with E-state index in [0.29, 0.717) is 27.5 Å². The molecule has 2 aromatic rings. The van der Waals surface area contributed by atoms with Crippen molar-refractivity contribution >= 4 is 34.8 Å². The summed E-state index contributed by atoms with van der Waals surface area (Å²) in [6.45, 7) is 7.81. The lowest BCUT2D eigenvalue weighted by Gasteiger charge is -2.15. The number of carbonyl (C=O) groups excluding carboxylic acids is 2. The van der Waals surface area contributed by atoms with Gasteiger partial charge in [0.1, 0.15) is 11.6 Å². The van der Waals surface area contributed by atoms with Gasteiger partial charge in [-0.15, -0.1) is 11.8 Å². The smallest absolute Gasteiger partial charge is 0.272 e. The fourth-order valence-corrected chi connectivity index (χ4v) is 3.89. The first kappa shape index (κ1) is 20.1. The maximum Gasteiger partial charge on any atom is 0.272 e. The Kier molecular flexibility index (Phi) is 5.89. The molecule has 1 heterocycles. The van der Waals surface area contributed by atoms with Crippen LogP contribution in [0.4, 0.5) is 10.1 Å². The molecule has 0 saturated heterocycles. The van der Waals surface area contributed by atoms with Crippen molar-refractivity contribution in [1.82, 2.24) is 0 Å². The van der Waals surface area contributed by atoms with E-state index in [0.717, 1.165) is 4.90 Å². The second-order valence-corrected chi connectivity index (χ2v) is 8.57. The molecule has 0 fully saturated rings. The topological polar surface area (TPSA) is 46.6 Å². The van der Waals surface area contributed by atoms with Gasteiger partial charge >= 0.3 is 0 Å². The lowest BCUT2D eigenvalue weighted by atomic mass is 10.1. The summed E-state index contributed by atoms with van der Waals surface area (Å²) in [4.78, 5) is 27.7. The number of hydrogen-bond acceptors (Lipinski definition) is 4. The maximum atomic E-state index is 13.3. The minimum absolute atomic E-state index is 0.0424. The van der Waals surface area contributed by atoms with Crippen LogP contribution in [-0.4, -0.2) is 23.2 Å². The summed E-state index contributed by atoms with van der Waals surface area (Å²) in [6, 6.07) is 12.5. The molecule has 0 unspecified atom stereocenters. The second kappa shape index (κ2) is 8.19. The SMILES string of the molecule is CC(C)Oc1ccc(C2=C(SC(C)C)C(=O)N(c3ccc(F)cc3)C2=O)cc1. The molecule has 3 rings (SSSR count). The third-order valence-corrected chi connectivity index (χ3v) is 5.08. The van der Waals surface area contributed by atoms with Crippen molar-refractivity contribution in [3.05, 3.63) is 64.8 Å². The lowest BCUT2D eigenvalue weighted by molar-refractivity contribution is -0.119. The number of benzene rings is 2. The van der Waals surface area contributed by atoms with Gasteiger partial charge in [0.2, 0.25) is 0 Å². The molecule has 0 aromatic heterocycles. The molecule has 0 bridgehead atoms. The minimum Gasteiger partial charge on any atom is -0.491 e. The Bertz CT molecular complexity index is 918. The van der Waals surface area contributed by atoms with Crippen molar-refractivity contribution in [1.29, 1.82) is 0 Å². The van der Waals surface area contributed by atoms with Crippen molar-refractivity contribution in [2.75, 3.05) is 4.90 Å². The number of amides is 2. The van der Waals surface area contributed by atoms with E-state index in [1.165, 1.54) is 36.0 Å². The largest absolute Gasteiger partial charge is 0.491 e. The van der Waals surface area contributed by atoms with Crippen LogP contribution in [0.15, 0.2) is 53.4 Å². The number of anilines is 1. The van der Waals surface area contributed by atoms with Gasteiger partial charge in [-0.2, -0.15) is 0 Å². The van der Waals surface area contributed by atoms with E-state index < -0.39 is 11.7 Å². The molecule has 146 valence electrons. The first-order valence-corrected chi connectivity index (χ1v) is 9.98. The van der Waals surface area contributed by atoms with Gasteiger partial charge in [-0.1, -0.05) is 26.0 Å². The van der Waals surface area contributed by atoms with Crippen LogP contribution in [0, 0.1) is 5.82 Å². The van der Waals surface area contributed by atoms with E-state index in [4.69, 9.17) is 4.74 Å².